The third-order valence-corrected chi connectivity index (χ3v) is 3.06. The van der Waals surface area contributed by atoms with Gasteiger partial charge in [-0.3, -0.25) is 4.79 Å². The number of ketones is 1. The van der Waals surface area contributed by atoms with E-state index in [0.29, 0.717) is 12.1 Å². The summed E-state index contributed by atoms with van der Waals surface area (Å²) in [5, 5.41) is 4.10. The highest BCUT2D eigenvalue weighted by Crippen LogP contribution is 2.21. The van der Waals surface area contributed by atoms with Gasteiger partial charge in [-0.05, 0) is 30.2 Å². The molecular formula is C15H14N4O. The van der Waals surface area contributed by atoms with Gasteiger partial charge in [0.25, 0.3) is 0 Å². The number of hydrogen-bond donors (Lipinski definition) is 1. The van der Waals surface area contributed by atoms with Crippen molar-refractivity contribution in [3.8, 4) is 11.1 Å². The van der Waals surface area contributed by atoms with Crippen LogP contribution in [0.15, 0.2) is 42.6 Å². The molecule has 0 fully saturated rings. The number of nitrogens with zero attached hydrogens (tertiary/aromatic N) is 3. The second-order valence-corrected chi connectivity index (χ2v) is 4.77. The molecule has 2 N–H and O–H groups in total. The molecule has 0 radical (unpaired) electrons. The Morgan fingerprint density at radius 2 is 2.10 bits per heavy atom. The van der Waals surface area contributed by atoms with E-state index in [1.165, 1.54) is 0 Å². The molecule has 0 amide bonds. The summed E-state index contributed by atoms with van der Waals surface area (Å²) in [6, 6.07) is 11.8. The van der Waals surface area contributed by atoms with E-state index >= 15 is 0 Å². The fraction of sp³-hybridized carbons (Fsp3) is 0.133. The van der Waals surface area contributed by atoms with Gasteiger partial charge in [0.1, 0.15) is 5.78 Å². The summed E-state index contributed by atoms with van der Waals surface area (Å²) in [4.78, 5) is 15.3. The van der Waals surface area contributed by atoms with Crippen LogP contribution >= 0.6 is 0 Å². The second-order valence-electron chi connectivity index (χ2n) is 4.77. The molecule has 3 rings (SSSR count). The van der Waals surface area contributed by atoms with E-state index in [0.717, 1.165) is 16.7 Å². The Hall–Kier alpha value is -2.69. The van der Waals surface area contributed by atoms with E-state index in [9.17, 15) is 4.79 Å². The normalized spacial score (nSPS) is 10.8. The average molecular weight is 266 g/mol. The number of benzene rings is 1. The third kappa shape index (κ3) is 2.38. The van der Waals surface area contributed by atoms with Crippen LogP contribution in [-0.4, -0.2) is 20.4 Å². The van der Waals surface area contributed by atoms with Gasteiger partial charge < -0.3 is 5.73 Å². The fourth-order valence-electron chi connectivity index (χ4n) is 2.22. The van der Waals surface area contributed by atoms with Crippen LogP contribution in [0.5, 0.6) is 0 Å². The topological polar surface area (TPSA) is 73.3 Å². The first kappa shape index (κ1) is 12.3. The molecular weight excluding hydrogens is 252 g/mol. The van der Waals surface area contributed by atoms with E-state index in [1.54, 1.807) is 11.4 Å². The van der Waals surface area contributed by atoms with Gasteiger partial charge in [-0.1, -0.05) is 24.3 Å². The molecule has 5 nitrogen and oxygen atoms in total. The van der Waals surface area contributed by atoms with E-state index in [-0.39, 0.29) is 11.7 Å². The molecule has 0 aliphatic carbocycles. The Morgan fingerprint density at radius 1 is 1.25 bits per heavy atom. The molecule has 5 heteroatoms. The van der Waals surface area contributed by atoms with Crippen molar-refractivity contribution < 1.29 is 4.79 Å². The summed E-state index contributed by atoms with van der Waals surface area (Å²) in [6.07, 6.45) is 2.33. The number of fused-ring (bicyclic) bond motifs is 1. The van der Waals surface area contributed by atoms with Gasteiger partial charge in [0.2, 0.25) is 5.95 Å². The van der Waals surface area contributed by atoms with Crippen molar-refractivity contribution in [3.63, 3.8) is 0 Å². The zero-order valence-corrected chi connectivity index (χ0v) is 11.1. The lowest BCUT2D eigenvalue weighted by Gasteiger charge is -2.04. The van der Waals surface area contributed by atoms with Gasteiger partial charge in [-0.2, -0.15) is 4.98 Å². The van der Waals surface area contributed by atoms with Crippen LogP contribution in [0, 0.1) is 0 Å². The number of aromatic nitrogens is 3. The number of hydrogen-bond acceptors (Lipinski definition) is 4. The minimum atomic E-state index is 0.154. The molecule has 0 saturated heterocycles. The molecule has 0 saturated carbocycles. The van der Waals surface area contributed by atoms with E-state index in [4.69, 9.17) is 5.73 Å². The second kappa shape index (κ2) is 4.77. The minimum absolute atomic E-state index is 0.154. The standard InChI is InChI=1S/C15H14N4O/c1-10(20)7-11-3-2-4-12(8-11)13-5-6-14-17-15(16)18-19(14)9-13/h2-6,8-9H,7H2,1H3,(H2,16,18). The molecule has 3 aromatic rings. The molecule has 0 aliphatic rings. The molecule has 0 unspecified atom stereocenters. The first-order chi connectivity index (χ1) is 9.61. The highest BCUT2D eigenvalue weighted by atomic mass is 16.1. The SMILES string of the molecule is CC(=O)Cc1cccc(-c2ccc3nc(N)nn3c2)c1. The van der Waals surface area contributed by atoms with E-state index in [1.807, 2.05) is 42.6 Å². The van der Waals surface area contributed by atoms with Crippen molar-refractivity contribution in [1.82, 2.24) is 14.6 Å². The predicted molar refractivity (Wildman–Crippen MR) is 77.2 cm³/mol. The Balaban J connectivity index is 2.03. The van der Waals surface area contributed by atoms with Crippen LogP contribution in [0.25, 0.3) is 16.8 Å². The maximum atomic E-state index is 11.2. The lowest BCUT2D eigenvalue weighted by atomic mass is 10.0. The van der Waals surface area contributed by atoms with Crippen molar-refractivity contribution >= 4 is 17.4 Å². The average Bonchev–Trinajstić information content (AvgIpc) is 2.77. The quantitative estimate of drug-likeness (QED) is 0.788. The largest absolute Gasteiger partial charge is 0.366 e. The van der Waals surface area contributed by atoms with Crippen molar-refractivity contribution in [1.29, 1.82) is 0 Å². The number of nitrogen functional groups attached to an aromatic ring is 1. The van der Waals surface area contributed by atoms with Crippen molar-refractivity contribution in [2.75, 3.05) is 5.73 Å². The number of carbonyl (C=O) groups is 1. The van der Waals surface area contributed by atoms with Crippen LogP contribution in [0.4, 0.5) is 5.95 Å². The zero-order valence-electron chi connectivity index (χ0n) is 11.1. The van der Waals surface area contributed by atoms with Crippen molar-refractivity contribution in [2.24, 2.45) is 0 Å². The van der Waals surface area contributed by atoms with Gasteiger partial charge in [0, 0.05) is 18.2 Å². The van der Waals surface area contributed by atoms with Crippen LogP contribution in [0.2, 0.25) is 0 Å². The summed E-state index contributed by atoms with van der Waals surface area (Å²) in [6.45, 7) is 1.59. The smallest absolute Gasteiger partial charge is 0.240 e. The van der Waals surface area contributed by atoms with Gasteiger partial charge in [-0.25, -0.2) is 4.52 Å². The zero-order chi connectivity index (χ0) is 14.1. The minimum Gasteiger partial charge on any atom is -0.366 e. The number of rotatable bonds is 3. The summed E-state index contributed by atoms with van der Waals surface area (Å²) in [5.74, 6) is 0.411. The van der Waals surface area contributed by atoms with Crippen LogP contribution in [-0.2, 0) is 11.2 Å². The summed E-state index contributed by atoms with van der Waals surface area (Å²) in [7, 11) is 0. The van der Waals surface area contributed by atoms with Crippen LogP contribution in [0.3, 0.4) is 0 Å². The summed E-state index contributed by atoms with van der Waals surface area (Å²) < 4.78 is 1.66. The van der Waals surface area contributed by atoms with Crippen molar-refractivity contribution in [2.45, 2.75) is 13.3 Å². The number of pyridine rings is 1. The van der Waals surface area contributed by atoms with Crippen LogP contribution < -0.4 is 5.73 Å². The maximum absolute atomic E-state index is 11.2. The monoisotopic (exact) mass is 266 g/mol. The maximum Gasteiger partial charge on any atom is 0.240 e. The molecule has 1 aromatic carbocycles. The van der Waals surface area contributed by atoms with Crippen molar-refractivity contribution in [3.05, 3.63) is 48.2 Å². The molecule has 2 heterocycles. The number of anilines is 1. The third-order valence-electron chi connectivity index (χ3n) is 3.06. The van der Waals surface area contributed by atoms with Gasteiger partial charge in [0.15, 0.2) is 5.65 Å². The highest BCUT2D eigenvalue weighted by Gasteiger charge is 2.05. The Bertz CT molecular complexity index is 791. The molecule has 0 bridgehead atoms. The molecule has 0 atom stereocenters. The summed E-state index contributed by atoms with van der Waals surface area (Å²) in [5.41, 5.74) is 9.35. The Kier molecular flexibility index (Phi) is 2.95. The van der Waals surface area contributed by atoms with E-state index < -0.39 is 0 Å². The fourth-order valence-corrected chi connectivity index (χ4v) is 2.22. The first-order valence-electron chi connectivity index (χ1n) is 6.32. The van der Waals surface area contributed by atoms with Gasteiger partial charge in [0.05, 0.1) is 0 Å². The lowest BCUT2D eigenvalue weighted by Crippen LogP contribution is -1.96. The number of carbonyl (C=O) groups excluding carboxylic acids is 1. The van der Waals surface area contributed by atoms with Gasteiger partial charge >= 0.3 is 0 Å². The molecule has 100 valence electrons. The van der Waals surface area contributed by atoms with E-state index in [2.05, 4.69) is 10.1 Å². The van der Waals surface area contributed by atoms with Crippen LogP contribution in [0.1, 0.15) is 12.5 Å². The lowest BCUT2D eigenvalue weighted by molar-refractivity contribution is -0.116. The number of Topliss-reactive ketones (excluding diaryl/α,β-unsaturated/α-hetero) is 1. The Labute approximate surface area is 116 Å². The molecule has 2 aromatic heterocycles. The first-order valence-corrected chi connectivity index (χ1v) is 6.32. The Morgan fingerprint density at radius 3 is 2.90 bits per heavy atom. The van der Waals surface area contributed by atoms with Gasteiger partial charge in [-0.15, -0.1) is 5.10 Å². The highest BCUT2D eigenvalue weighted by molar-refractivity contribution is 5.79. The molecule has 0 aliphatic heterocycles. The summed E-state index contributed by atoms with van der Waals surface area (Å²) >= 11 is 0. The molecule has 0 spiro atoms. The number of nitrogens with two attached hydrogens (primary N) is 1. The predicted octanol–water partition coefficient (Wildman–Crippen LogP) is 2.11. The molecule has 20 heavy (non-hydrogen) atoms.